The number of amides is 2. The number of hydrogen-bond acceptors (Lipinski definition) is 5. The normalized spacial score (nSPS) is 19.7. The first-order chi connectivity index (χ1) is 15.7. The quantitative estimate of drug-likeness (QED) is 0.544. The Morgan fingerprint density at radius 2 is 1.84 bits per heavy atom. The van der Waals surface area contributed by atoms with E-state index in [0.717, 1.165) is 76.3 Å². The van der Waals surface area contributed by atoms with Crippen LogP contribution in [0.4, 0.5) is 0 Å². The molecule has 3 heterocycles. The monoisotopic (exact) mass is 455 g/mol. The Labute approximate surface area is 194 Å². The second kappa shape index (κ2) is 11.5. The molecule has 2 aromatic rings. The number of rotatable bonds is 9. The summed E-state index contributed by atoms with van der Waals surface area (Å²) in [7, 11) is 0. The summed E-state index contributed by atoms with van der Waals surface area (Å²) < 4.78 is 6.02. The molecule has 1 atom stereocenters. The van der Waals surface area contributed by atoms with Gasteiger partial charge in [0.25, 0.3) is 0 Å². The molecule has 0 radical (unpaired) electrons. The predicted octanol–water partition coefficient (Wildman–Crippen LogP) is 3.41. The van der Waals surface area contributed by atoms with Gasteiger partial charge in [-0.05, 0) is 59.3 Å². The lowest BCUT2D eigenvalue weighted by Crippen LogP contribution is -2.45. The number of thiophene rings is 1. The third-order valence-electron chi connectivity index (χ3n) is 6.49. The van der Waals surface area contributed by atoms with Gasteiger partial charge in [0.2, 0.25) is 12.3 Å². The van der Waals surface area contributed by atoms with Crippen LogP contribution in [-0.2, 0) is 22.6 Å². The Balaban J connectivity index is 1.21. The largest absolute Gasteiger partial charge is 0.494 e. The van der Waals surface area contributed by atoms with Crippen molar-refractivity contribution in [2.45, 2.75) is 44.7 Å². The molecule has 2 fully saturated rings. The van der Waals surface area contributed by atoms with Gasteiger partial charge in [-0.25, -0.2) is 0 Å². The molecule has 0 saturated carbocycles. The topological polar surface area (TPSA) is 53.1 Å². The van der Waals surface area contributed by atoms with Crippen molar-refractivity contribution >= 4 is 23.7 Å². The fourth-order valence-corrected chi connectivity index (χ4v) is 5.26. The summed E-state index contributed by atoms with van der Waals surface area (Å²) in [6.45, 7) is 5.83. The van der Waals surface area contributed by atoms with Gasteiger partial charge in [0.15, 0.2) is 0 Å². The first-order valence-corrected chi connectivity index (χ1v) is 12.6. The summed E-state index contributed by atoms with van der Waals surface area (Å²) in [6.07, 6.45) is 5.66. The van der Waals surface area contributed by atoms with Gasteiger partial charge in [-0.3, -0.25) is 14.5 Å². The lowest BCUT2D eigenvalue weighted by atomic mass is 9.98. The first-order valence-electron chi connectivity index (χ1n) is 11.7. The molecule has 2 aliphatic heterocycles. The van der Waals surface area contributed by atoms with Gasteiger partial charge in [0.1, 0.15) is 5.75 Å². The molecule has 6 nitrogen and oxygen atoms in total. The summed E-state index contributed by atoms with van der Waals surface area (Å²) in [5.74, 6) is 1.12. The molecule has 4 rings (SSSR count). The maximum atomic E-state index is 12.8. The van der Waals surface area contributed by atoms with E-state index < -0.39 is 0 Å². The minimum atomic E-state index is 0.242. The van der Waals surface area contributed by atoms with Gasteiger partial charge in [0, 0.05) is 51.7 Å². The third kappa shape index (κ3) is 6.33. The van der Waals surface area contributed by atoms with Crippen LogP contribution in [0, 0.1) is 0 Å². The first kappa shape index (κ1) is 22.8. The van der Waals surface area contributed by atoms with Crippen molar-refractivity contribution in [3.63, 3.8) is 0 Å². The Morgan fingerprint density at radius 3 is 2.56 bits per heavy atom. The molecule has 32 heavy (non-hydrogen) atoms. The SMILES string of the molecule is O=CN1CCN(Cc2ccc(OCC[C@@H]3CCCCN3C(=O)Cc3ccsc3)cc2)CC1. The molecule has 0 spiro atoms. The zero-order valence-corrected chi connectivity index (χ0v) is 19.5. The van der Waals surface area contributed by atoms with Crippen molar-refractivity contribution in [1.82, 2.24) is 14.7 Å². The highest BCUT2D eigenvalue weighted by Crippen LogP contribution is 2.22. The number of piperidine rings is 1. The Hall–Kier alpha value is -2.38. The summed E-state index contributed by atoms with van der Waals surface area (Å²) in [6, 6.07) is 10.6. The van der Waals surface area contributed by atoms with E-state index in [-0.39, 0.29) is 11.9 Å². The highest BCUT2D eigenvalue weighted by molar-refractivity contribution is 7.08. The van der Waals surface area contributed by atoms with Gasteiger partial charge in [-0.15, -0.1) is 0 Å². The number of piperazine rings is 1. The van der Waals surface area contributed by atoms with Crippen LogP contribution in [0.25, 0.3) is 0 Å². The second-order valence-corrected chi connectivity index (χ2v) is 9.52. The highest BCUT2D eigenvalue weighted by atomic mass is 32.1. The maximum absolute atomic E-state index is 12.8. The van der Waals surface area contributed by atoms with Crippen molar-refractivity contribution in [3.8, 4) is 5.75 Å². The zero-order valence-electron chi connectivity index (χ0n) is 18.7. The average molecular weight is 456 g/mol. The van der Waals surface area contributed by atoms with E-state index >= 15 is 0 Å². The Kier molecular flexibility index (Phi) is 8.18. The average Bonchev–Trinajstić information content (AvgIpc) is 3.34. The molecule has 1 aromatic heterocycles. The predicted molar refractivity (Wildman–Crippen MR) is 127 cm³/mol. The second-order valence-electron chi connectivity index (χ2n) is 8.74. The summed E-state index contributed by atoms with van der Waals surface area (Å²) in [5.41, 5.74) is 2.38. The third-order valence-corrected chi connectivity index (χ3v) is 7.22. The van der Waals surface area contributed by atoms with Crippen LogP contribution in [0.2, 0.25) is 0 Å². The lowest BCUT2D eigenvalue weighted by molar-refractivity contribution is -0.134. The number of carbonyl (C=O) groups excluding carboxylic acids is 2. The molecular weight excluding hydrogens is 422 g/mol. The van der Waals surface area contributed by atoms with Crippen LogP contribution in [-0.4, -0.2) is 72.4 Å². The van der Waals surface area contributed by atoms with Gasteiger partial charge < -0.3 is 14.5 Å². The molecule has 7 heteroatoms. The molecule has 2 aliphatic rings. The van der Waals surface area contributed by atoms with E-state index in [4.69, 9.17) is 4.74 Å². The molecule has 0 N–H and O–H groups in total. The number of benzene rings is 1. The van der Waals surface area contributed by atoms with E-state index in [1.54, 1.807) is 11.3 Å². The molecule has 0 bridgehead atoms. The number of nitrogens with zero attached hydrogens (tertiary/aromatic N) is 3. The van der Waals surface area contributed by atoms with Crippen molar-refractivity contribution in [2.75, 3.05) is 39.3 Å². The van der Waals surface area contributed by atoms with E-state index in [1.165, 1.54) is 12.0 Å². The van der Waals surface area contributed by atoms with E-state index in [2.05, 4.69) is 27.3 Å². The molecule has 0 aliphatic carbocycles. The van der Waals surface area contributed by atoms with Gasteiger partial charge >= 0.3 is 0 Å². The van der Waals surface area contributed by atoms with Gasteiger partial charge in [-0.1, -0.05) is 12.1 Å². The number of carbonyl (C=O) groups is 2. The van der Waals surface area contributed by atoms with Crippen molar-refractivity contribution in [2.24, 2.45) is 0 Å². The fourth-order valence-electron chi connectivity index (χ4n) is 4.59. The fraction of sp³-hybridized carbons (Fsp3) is 0.520. The minimum absolute atomic E-state index is 0.242. The van der Waals surface area contributed by atoms with E-state index in [0.29, 0.717) is 13.0 Å². The van der Waals surface area contributed by atoms with Crippen molar-refractivity contribution < 1.29 is 14.3 Å². The number of likely N-dealkylation sites (tertiary alicyclic amines) is 1. The summed E-state index contributed by atoms with van der Waals surface area (Å²) in [5, 5.41) is 4.10. The van der Waals surface area contributed by atoms with Crippen LogP contribution in [0.1, 0.15) is 36.8 Å². The van der Waals surface area contributed by atoms with Crippen LogP contribution >= 0.6 is 11.3 Å². The number of hydrogen-bond donors (Lipinski definition) is 0. The minimum Gasteiger partial charge on any atom is -0.494 e. The molecule has 172 valence electrons. The molecule has 0 unspecified atom stereocenters. The summed E-state index contributed by atoms with van der Waals surface area (Å²) in [4.78, 5) is 29.9. The van der Waals surface area contributed by atoms with Crippen LogP contribution in [0.5, 0.6) is 5.75 Å². The zero-order chi connectivity index (χ0) is 22.2. The lowest BCUT2D eigenvalue weighted by Gasteiger charge is -2.36. The van der Waals surface area contributed by atoms with Crippen molar-refractivity contribution in [1.29, 1.82) is 0 Å². The maximum Gasteiger partial charge on any atom is 0.227 e. The molecular formula is C25H33N3O3S. The molecule has 2 amide bonds. The van der Waals surface area contributed by atoms with E-state index in [1.807, 2.05) is 28.5 Å². The van der Waals surface area contributed by atoms with Gasteiger partial charge in [-0.2, -0.15) is 11.3 Å². The van der Waals surface area contributed by atoms with Crippen LogP contribution in [0.3, 0.4) is 0 Å². The van der Waals surface area contributed by atoms with Crippen LogP contribution in [0.15, 0.2) is 41.1 Å². The van der Waals surface area contributed by atoms with Crippen molar-refractivity contribution in [3.05, 3.63) is 52.2 Å². The Bertz CT molecular complexity index is 848. The van der Waals surface area contributed by atoms with Crippen LogP contribution < -0.4 is 4.74 Å². The smallest absolute Gasteiger partial charge is 0.227 e. The number of ether oxygens (including phenoxy) is 1. The highest BCUT2D eigenvalue weighted by Gasteiger charge is 2.26. The Morgan fingerprint density at radius 1 is 1.03 bits per heavy atom. The molecule has 2 saturated heterocycles. The molecule has 1 aromatic carbocycles. The summed E-state index contributed by atoms with van der Waals surface area (Å²) >= 11 is 1.64. The van der Waals surface area contributed by atoms with E-state index in [9.17, 15) is 9.59 Å². The van der Waals surface area contributed by atoms with Gasteiger partial charge in [0.05, 0.1) is 13.0 Å². The standard InChI is InChI=1S/C25H33N3O3S/c29-20-27-13-11-26(12-14-27)18-21-4-6-24(7-5-21)31-15-8-23-3-1-2-10-28(23)25(30)17-22-9-16-32-19-22/h4-7,9,16,19-20,23H,1-3,8,10-15,17-18H2/t23-/m0/s1.